The van der Waals surface area contributed by atoms with Crippen LogP contribution in [0.5, 0.6) is 0 Å². The van der Waals surface area contributed by atoms with Gasteiger partial charge in [0.05, 0.1) is 11.0 Å². The van der Waals surface area contributed by atoms with E-state index in [1.54, 1.807) is 23.9 Å². The summed E-state index contributed by atoms with van der Waals surface area (Å²) >= 11 is 4.84. The van der Waals surface area contributed by atoms with Crippen molar-refractivity contribution < 1.29 is 8.42 Å². The summed E-state index contributed by atoms with van der Waals surface area (Å²) in [6.45, 7) is 0. The minimum Gasteiger partial charge on any atom is -0.207 e. The van der Waals surface area contributed by atoms with E-state index in [9.17, 15) is 13.7 Å². The lowest BCUT2D eigenvalue weighted by atomic mass is 10.0. The Hall–Kier alpha value is -0.550. The zero-order valence-corrected chi connectivity index (χ0v) is 12.6. The molecule has 1 aromatic rings. The first-order valence-electron chi connectivity index (χ1n) is 5.26. The molecule has 1 aliphatic rings. The van der Waals surface area contributed by atoms with Crippen LogP contribution in [0.2, 0.25) is 0 Å². The van der Waals surface area contributed by atoms with E-state index < -0.39 is 15.6 Å². The molecule has 1 heterocycles. The first kappa shape index (κ1) is 13.9. The van der Waals surface area contributed by atoms with Crippen LogP contribution in [0.15, 0.2) is 33.6 Å². The van der Waals surface area contributed by atoms with Crippen molar-refractivity contribution in [3.05, 3.63) is 28.7 Å². The molecule has 0 bridgehead atoms. The number of hydrogen-bond donors (Lipinski definition) is 1. The summed E-state index contributed by atoms with van der Waals surface area (Å²) in [7, 11) is -3.64. The molecule has 18 heavy (non-hydrogen) atoms. The normalized spacial score (nSPS) is 23.8. The fourth-order valence-electron chi connectivity index (χ4n) is 1.69. The van der Waals surface area contributed by atoms with Gasteiger partial charge in [-0.05, 0) is 36.4 Å². The lowest BCUT2D eigenvalue weighted by Gasteiger charge is -2.20. The number of halogens is 1. The van der Waals surface area contributed by atoms with Crippen molar-refractivity contribution >= 4 is 37.7 Å². The Morgan fingerprint density at radius 2 is 2.06 bits per heavy atom. The van der Waals surface area contributed by atoms with Crippen LogP contribution in [0.4, 0.5) is 0 Å². The van der Waals surface area contributed by atoms with E-state index in [1.165, 1.54) is 12.1 Å². The molecule has 1 aliphatic heterocycles. The van der Waals surface area contributed by atoms with Crippen LogP contribution < -0.4 is 4.72 Å². The van der Waals surface area contributed by atoms with Crippen LogP contribution in [0.3, 0.4) is 0 Å². The highest BCUT2D eigenvalue weighted by Gasteiger charge is 2.38. The van der Waals surface area contributed by atoms with E-state index in [4.69, 9.17) is 0 Å². The average Bonchev–Trinajstić information content (AvgIpc) is 2.78. The largest absolute Gasteiger partial charge is 0.241 e. The Balaban J connectivity index is 2.27. The standard InChI is InChI=1S/C11H11BrN2O2S2/c12-9-1-3-10(4-2-9)18(15,16)14-11(7-13)5-6-17-8-11/h1-4,14H,5-6,8H2/t11-/m1/s1. The molecule has 1 fully saturated rings. The maximum absolute atomic E-state index is 12.2. The van der Waals surface area contributed by atoms with Gasteiger partial charge in [0.15, 0.2) is 0 Å². The highest BCUT2D eigenvalue weighted by molar-refractivity contribution is 9.10. The number of nitrogens with one attached hydrogen (secondary N) is 1. The van der Waals surface area contributed by atoms with Crippen LogP contribution in [0, 0.1) is 11.3 Å². The highest BCUT2D eigenvalue weighted by atomic mass is 79.9. The summed E-state index contributed by atoms with van der Waals surface area (Å²) in [5, 5.41) is 9.17. The third kappa shape index (κ3) is 2.88. The van der Waals surface area contributed by atoms with Gasteiger partial charge in [-0.25, -0.2) is 8.42 Å². The zero-order valence-electron chi connectivity index (χ0n) is 9.39. The van der Waals surface area contributed by atoms with Crippen molar-refractivity contribution in [3.63, 3.8) is 0 Å². The maximum atomic E-state index is 12.2. The minimum absolute atomic E-state index is 0.178. The number of sulfonamides is 1. The second kappa shape index (κ2) is 5.21. The van der Waals surface area contributed by atoms with Gasteiger partial charge in [0, 0.05) is 10.2 Å². The molecular formula is C11H11BrN2O2S2. The molecule has 7 heteroatoms. The molecule has 96 valence electrons. The van der Waals surface area contributed by atoms with E-state index in [2.05, 4.69) is 26.7 Å². The van der Waals surface area contributed by atoms with Gasteiger partial charge in [0.25, 0.3) is 0 Å². The van der Waals surface area contributed by atoms with Crippen molar-refractivity contribution in [1.82, 2.24) is 4.72 Å². The number of benzene rings is 1. The van der Waals surface area contributed by atoms with Gasteiger partial charge < -0.3 is 0 Å². The predicted octanol–water partition coefficient (Wildman–Crippen LogP) is 2.13. The van der Waals surface area contributed by atoms with Crippen molar-refractivity contribution in [2.45, 2.75) is 16.9 Å². The monoisotopic (exact) mass is 346 g/mol. The summed E-state index contributed by atoms with van der Waals surface area (Å²) in [5.74, 6) is 1.30. The van der Waals surface area contributed by atoms with E-state index in [-0.39, 0.29) is 4.90 Å². The first-order chi connectivity index (χ1) is 8.47. The van der Waals surface area contributed by atoms with Gasteiger partial charge in [0.1, 0.15) is 5.54 Å². The van der Waals surface area contributed by atoms with Crippen LogP contribution >= 0.6 is 27.7 Å². The predicted molar refractivity (Wildman–Crippen MR) is 74.7 cm³/mol. The minimum atomic E-state index is -3.64. The lowest BCUT2D eigenvalue weighted by Crippen LogP contribution is -2.47. The Labute approximate surface area is 119 Å². The molecule has 0 aromatic heterocycles. The summed E-state index contributed by atoms with van der Waals surface area (Å²) in [4.78, 5) is 0.178. The summed E-state index contributed by atoms with van der Waals surface area (Å²) < 4.78 is 27.7. The molecule has 1 aromatic carbocycles. The molecule has 0 spiro atoms. The third-order valence-electron chi connectivity index (χ3n) is 2.69. The second-order valence-corrected chi connectivity index (χ2v) is 7.76. The van der Waals surface area contributed by atoms with Crippen LogP contribution in [-0.4, -0.2) is 25.5 Å². The maximum Gasteiger partial charge on any atom is 0.241 e. The zero-order chi connectivity index (χ0) is 13.2. The molecule has 0 saturated carbocycles. The molecular weight excluding hydrogens is 336 g/mol. The molecule has 0 radical (unpaired) electrons. The van der Waals surface area contributed by atoms with E-state index in [1.807, 2.05) is 0 Å². The fourth-order valence-corrected chi connectivity index (χ4v) is 4.66. The van der Waals surface area contributed by atoms with Gasteiger partial charge >= 0.3 is 0 Å². The Morgan fingerprint density at radius 1 is 1.39 bits per heavy atom. The number of nitriles is 1. The average molecular weight is 347 g/mol. The molecule has 0 aliphatic carbocycles. The summed E-state index contributed by atoms with van der Waals surface area (Å²) in [5.41, 5.74) is -0.962. The van der Waals surface area contributed by atoms with Crippen molar-refractivity contribution in [1.29, 1.82) is 5.26 Å². The molecule has 0 unspecified atom stereocenters. The van der Waals surface area contributed by atoms with Crippen LogP contribution in [-0.2, 0) is 10.0 Å². The van der Waals surface area contributed by atoms with Gasteiger partial charge in [-0.15, -0.1) is 0 Å². The van der Waals surface area contributed by atoms with Gasteiger partial charge in [0.2, 0.25) is 10.0 Å². The third-order valence-corrected chi connectivity index (χ3v) is 5.96. The van der Waals surface area contributed by atoms with Gasteiger partial charge in [-0.1, -0.05) is 15.9 Å². The van der Waals surface area contributed by atoms with E-state index in [0.717, 1.165) is 10.2 Å². The van der Waals surface area contributed by atoms with E-state index in [0.29, 0.717) is 12.2 Å². The quantitative estimate of drug-likeness (QED) is 0.909. The lowest BCUT2D eigenvalue weighted by molar-refractivity contribution is 0.515. The number of nitrogens with zero attached hydrogens (tertiary/aromatic N) is 1. The Bertz CT molecular complexity index is 572. The Morgan fingerprint density at radius 3 is 2.56 bits per heavy atom. The number of thioether (sulfide) groups is 1. The molecule has 0 amide bonds. The summed E-state index contributed by atoms with van der Waals surface area (Å²) in [6.07, 6.45) is 0.546. The number of rotatable bonds is 3. The van der Waals surface area contributed by atoms with Crippen molar-refractivity contribution in [2.24, 2.45) is 0 Å². The van der Waals surface area contributed by atoms with Crippen LogP contribution in [0.25, 0.3) is 0 Å². The number of hydrogen-bond acceptors (Lipinski definition) is 4. The van der Waals surface area contributed by atoms with E-state index >= 15 is 0 Å². The Kier molecular flexibility index (Phi) is 4.02. The second-order valence-electron chi connectivity index (χ2n) is 4.06. The SMILES string of the molecule is N#C[C@]1(NS(=O)(=O)c2ccc(Br)cc2)CCSC1. The molecule has 2 rings (SSSR count). The smallest absolute Gasteiger partial charge is 0.207 e. The topological polar surface area (TPSA) is 70.0 Å². The molecule has 1 atom stereocenters. The van der Waals surface area contributed by atoms with Crippen LogP contribution in [0.1, 0.15) is 6.42 Å². The molecule has 1 saturated heterocycles. The summed E-state index contributed by atoms with van der Waals surface area (Å²) in [6, 6.07) is 8.45. The fraction of sp³-hybridized carbons (Fsp3) is 0.364. The first-order valence-corrected chi connectivity index (χ1v) is 8.69. The van der Waals surface area contributed by atoms with Gasteiger partial charge in [-0.3, -0.25) is 0 Å². The highest BCUT2D eigenvalue weighted by Crippen LogP contribution is 2.29. The van der Waals surface area contributed by atoms with Crippen molar-refractivity contribution in [2.75, 3.05) is 11.5 Å². The molecule has 1 N–H and O–H groups in total. The van der Waals surface area contributed by atoms with Crippen molar-refractivity contribution in [3.8, 4) is 6.07 Å². The van der Waals surface area contributed by atoms with Gasteiger partial charge in [-0.2, -0.15) is 21.7 Å². The molecule has 4 nitrogen and oxygen atoms in total.